The number of nitrogens with zero attached hydrogens (tertiary/aromatic N) is 4. The molecule has 1 saturated carbocycles. The van der Waals surface area contributed by atoms with E-state index in [0.29, 0.717) is 0 Å². The van der Waals surface area contributed by atoms with E-state index in [4.69, 9.17) is 9.16 Å². The van der Waals surface area contributed by atoms with Crippen molar-refractivity contribution in [2.24, 2.45) is 16.2 Å². The molecule has 0 N–H and O–H groups in total. The summed E-state index contributed by atoms with van der Waals surface area (Å²) in [7, 11) is -2.44. The zero-order valence-corrected chi connectivity index (χ0v) is 17.2. The molecule has 0 spiro atoms. The second kappa shape index (κ2) is 5.59. The minimum atomic E-state index is -2.44. The molecular formula is C19H24N4O2Si. The molecule has 26 heavy (non-hydrogen) atoms. The maximum atomic E-state index is 10.0. The van der Waals surface area contributed by atoms with Crippen LogP contribution in [0.2, 0.25) is 18.1 Å². The molecule has 0 bridgehead atoms. The van der Waals surface area contributed by atoms with Gasteiger partial charge in [-0.1, -0.05) is 27.7 Å². The summed E-state index contributed by atoms with van der Waals surface area (Å²) in [4.78, 5) is 0. The third-order valence-corrected chi connectivity index (χ3v) is 11.2. The maximum absolute atomic E-state index is 10.0. The van der Waals surface area contributed by atoms with Crippen molar-refractivity contribution >= 4 is 8.32 Å². The number of nitriles is 4. The van der Waals surface area contributed by atoms with Gasteiger partial charge < -0.3 is 9.16 Å². The van der Waals surface area contributed by atoms with Crippen LogP contribution in [0.25, 0.3) is 0 Å². The van der Waals surface area contributed by atoms with Gasteiger partial charge in [0.25, 0.3) is 0 Å². The summed E-state index contributed by atoms with van der Waals surface area (Å²) in [5.74, 6) is 0. The van der Waals surface area contributed by atoms with Crippen molar-refractivity contribution in [3.63, 3.8) is 0 Å². The van der Waals surface area contributed by atoms with Crippen molar-refractivity contribution in [1.29, 1.82) is 21.0 Å². The van der Waals surface area contributed by atoms with E-state index in [1.165, 1.54) is 6.26 Å². The molecule has 1 aliphatic carbocycles. The molecule has 6 nitrogen and oxygen atoms in total. The van der Waals surface area contributed by atoms with Gasteiger partial charge in [-0.15, -0.1) is 0 Å². The molecule has 136 valence electrons. The number of hydrogen-bond donors (Lipinski definition) is 0. The first kappa shape index (κ1) is 20.0. The highest BCUT2D eigenvalue weighted by atomic mass is 28.4. The lowest BCUT2D eigenvalue weighted by atomic mass is 9.30. The Bertz CT molecular complexity index is 787. The Morgan fingerprint density at radius 1 is 1.00 bits per heavy atom. The highest BCUT2D eigenvalue weighted by Gasteiger charge is 2.91. The Labute approximate surface area is 156 Å². The molecule has 0 aromatic carbocycles. The molecular weight excluding hydrogens is 344 g/mol. The molecule has 0 aromatic rings. The minimum absolute atomic E-state index is 0.0321. The second-order valence-corrected chi connectivity index (χ2v) is 13.6. The van der Waals surface area contributed by atoms with Crippen LogP contribution in [0.4, 0.5) is 0 Å². The van der Waals surface area contributed by atoms with Crippen LogP contribution in [-0.2, 0) is 9.16 Å². The van der Waals surface area contributed by atoms with Gasteiger partial charge in [-0.2, -0.15) is 21.0 Å². The molecule has 0 amide bonds. The standard InChI is InChI=1S/C19H24N4O2Si/c1-15(2,3)26(5,6)25-19-8-7-9-24-14-16(19,4)17(10-20,11-21)18(19,12-22)13-23/h7,9H,8,14H2,1-6H3/t16-,19+/m0/s1. The lowest BCUT2D eigenvalue weighted by Crippen LogP contribution is -2.84. The molecule has 0 aromatic heterocycles. The predicted molar refractivity (Wildman–Crippen MR) is 96.1 cm³/mol. The number of ether oxygens (including phenoxy) is 1. The second-order valence-electron chi connectivity index (χ2n) is 8.86. The smallest absolute Gasteiger partial charge is 0.204 e. The molecule has 2 aliphatic rings. The van der Waals surface area contributed by atoms with Crippen LogP contribution in [0.15, 0.2) is 12.3 Å². The average molecular weight is 369 g/mol. The fourth-order valence-electron chi connectivity index (χ4n) is 4.10. The zero-order valence-electron chi connectivity index (χ0n) is 16.2. The van der Waals surface area contributed by atoms with E-state index in [-0.39, 0.29) is 18.1 Å². The van der Waals surface area contributed by atoms with E-state index >= 15 is 0 Å². The number of rotatable bonds is 2. The average Bonchev–Trinajstić information content (AvgIpc) is 2.70. The van der Waals surface area contributed by atoms with Gasteiger partial charge in [0.15, 0.2) is 13.7 Å². The van der Waals surface area contributed by atoms with Crippen LogP contribution in [0.3, 0.4) is 0 Å². The van der Waals surface area contributed by atoms with Gasteiger partial charge in [0.2, 0.25) is 5.41 Å². The fraction of sp³-hybridized carbons (Fsp3) is 0.684. The minimum Gasteiger partial charge on any atom is -0.501 e. The molecule has 2 atom stereocenters. The van der Waals surface area contributed by atoms with Gasteiger partial charge >= 0.3 is 0 Å². The first-order chi connectivity index (χ1) is 11.9. The van der Waals surface area contributed by atoms with Gasteiger partial charge in [0.1, 0.15) is 5.60 Å². The van der Waals surface area contributed by atoms with Gasteiger partial charge in [-0.3, -0.25) is 0 Å². The first-order valence-corrected chi connectivity index (χ1v) is 11.4. The van der Waals surface area contributed by atoms with E-state index in [9.17, 15) is 21.0 Å². The summed E-state index contributed by atoms with van der Waals surface area (Å²) in [5, 5.41) is 39.7. The van der Waals surface area contributed by atoms with E-state index in [0.717, 1.165) is 0 Å². The Morgan fingerprint density at radius 3 is 1.92 bits per heavy atom. The van der Waals surface area contributed by atoms with Crippen LogP contribution in [-0.4, -0.2) is 20.5 Å². The summed E-state index contributed by atoms with van der Waals surface area (Å²) in [6.07, 6.45) is 3.46. The Morgan fingerprint density at radius 2 is 1.50 bits per heavy atom. The van der Waals surface area contributed by atoms with Crippen molar-refractivity contribution < 1.29 is 9.16 Å². The van der Waals surface area contributed by atoms with Crippen LogP contribution in [0.5, 0.6) is 0 Å². The molecule has 7 heteroatoms. The van der Waals surface area contributed by atoms with Gasteiger partial charge in [0.05, 0.1) is 42.6 Å². The van der Waals surface area contributed by atoms with Crippen LogP contribution in [0, 0.1) is 61.6 Å². The third-order valence-electron chi connectivity index (χ3n) is 6.76. The predicted octanol–water partition coefficient (Wildman–Crippen LogP) is 3.77. The van der Waals surface area contributed by atoms with Crippen LogP contribution in [0.1, 0.15) is 34.1 Å². The van der Waals surface area contributed by atoms with Crippen molar-refractivity contribution in [1.82, 2.24) is 0 Å². The van der Waals surface area contributed by atoms with Crippen molar-refractivity contribution in [3.05, 3.63) is 12.3 Å². The van der Waals surface area contributed by atoms with E-state index in [1.807, 2.05) is 37.4 Å². The fourth-order valence-corrected chi connectivity index (χ4v) is 5.74. The quantitative estimate of drug-likeness (QED) is 0.685. The highest BCUT2D eigenvalue weighted by Crippen LogP contribution is 2.77. The highest BCUT2D eigenvalue weighted by molar-refractivity contribution is 6.74. The first-order valence-electron chi connectivity index (χ1n) is 8.53. The lowest BCUT2D eigenvalue weighted by molar-refractivity contribution is -0.279. The Hall–Kier alpha value is -2.32. The number of fused-ring (bicyclic) bond motifs is 1. The SMILES string of the molecule is CC(C)(C)[Si](C)(C)O[C@]12CC=COC[C@@]1(C)C(C#N)(C#N)C2(C#N)C#N. The van der Waals surface area contributed by atoms with Gasteiger partial charge in [-0.25, -0.2) is 0 Å². The van der Waals surface area contributed by atoms with Crippen LogP contribution >= 0.6 is 0 Å². The van der Waals surface area contributed by atoms with Crippen molar-refractivity contribution in [2.45, 2.75) is 57.8 Å². The molecule has 0 radical (unpaired) electrons. The summed E-state index contributed by atoms with van der Waals surface area (Å²) in [5.41, 5.74) is -6.14. The summed E-state index contributed by atoms with van der Waals surface area (Å²) in [6.45, 7) is 12.0. The summed E-state index contributed by atoms with van der Waals surface area (Å²) >= 11 is 0. The third kappa shape index (κ3) is 1.86. The van der Waals surface area contributed by atoms with Crippen molar-refractivity contribution in [3.8, 4) is 24.3 Å². The molecule has 0 unspecified atom stereocenters. The molecule has 1 heterocycles. The van der Waals surface area contributed by atoms with Gasteiger partial charge in [-0.05, 0) is 30.6 Å². The van der Waals surface area contributed by atoms with Gasteiger partial charge in [0, 0.05) is 0 Å². The molecule has 1 aliphatic heterocycles. The van der Waals surface area contributed by atoms with Crippen LogP contribution < -0.4 is 0 Å². The Balaban J connectivity index is 2.84. The maximum Gasteiger partial charge on any atom is 0.204 e. The molecule has 0 saturated heterocycles. The zero-order chi connectivity index (χ0) is 20.1. The van der Waals surface area contributed by atoms with E-state index in [1.54, 1.807) is 13.0 Å². The molecule has 2 rings (SSSR count). The van der Waals surface area contributed by atoms with Crippen molar-refractivity contribution in [2.75, 3.05) is 6.61 Å². The topological polar surface area (TPSA) is 114 Å². The summed E-state index contributed by atoms with van der Waals surface area (Å²) < 4.78 is 12.3. The lowest BCUT2D eigenvalue weighted by Gasteiger charge is -2.71. The van der Waals surface area contributed by atoms with E-state index < -0.39 is 30.2 Å². The monoisotopic (exact) mass is 368 g/mol. The Kier molecular flexibility index (Phi) is 4.30. The normalized spacial score (nSPS) is 31.5. The van der Waals surface area contributed by atoms with E-state index in [2.05, 4.69) is 20.8 Å². The number of hydrogen-bond acceptors (Lipinski definition) is 6. The largest absolute Gasteiger partial charge is 0.501 e. The molecule has 1 fully saturated rings. The summed E-state index contributed by atoms with van der Waals surface area (Å²) in [6, 6.07) is 8.04.